The van der Waals surface area contributed by atoms with Crippen molar-refractivity contribution in [2.24, 2.45) is 0 Å². The van der Waals surface area contributed by atoms with Gasteiger partial charge >= 0.3 is 0 Å². The van der Waals surface area contributed by atoms with Crippen LogP contribution in [0.5, 0.6) is 0 Å². The van der Waals surface area contributed by atoms with Crippen LogP contribution in [0.25, 0.3) is 0 Å². The van der Waals surface area contributed by atoms with E-state index in [0.717, 1.165) is 11.3 Å². The normalized spacial score (nSPS) is 13.0. The molecule has 0 fully saturated rings. The second-order valence-corrected chi connectivity index (χ2v) is 5.16. The fourth-order valence-corrected chi connectivity index (χ4v) is 2.75. The van der Waals surface area contributed by atoms with Crippen LogP contribution in [0, 0.1) is 10.1 Å². The van der Waals surface area contributed by atoms with Crippen LogP contribution in [0.3, 0.4) is 0 Å². The number of fused-ring (bicyclic) bond motifs is 1. The monoisotopic (exact) mass is 297 g/mol. The number of carbonyl (C=O) groups excluding carboxylic acids is 1. The highest BCUT2D eigenvalue weighted by atomic mass is 16.6. The van der Waals surface area contributed by atoms with Gasteiger partial charge in [0.1, 0.15) is 5.69 Å². The van der Waals surface area contributed by atoms with Crippen LogP contribution < -0.4 is 4.90 Å². The molecule has 1 aliphatic heterocycles. The molecule has 2 aromatic rings. The predicted molar refractivity (Wildman–Crippen MR) is 81.7 cm³/mol. The number of aromatic nitrogens is 1. The van der Waals surface area contributed by atoms with Crippen LogP contribution in [0.4, 0.5) is 11.4 Å². The Bertz CT molecular complexity index is 716. The number of nitrogens with zero attached hydrogens (tertiary/aromatic N) is 3. The Morgan fingerprint density at radius 2 is 2.14 bits per heavy atom. The summed E-state index contributed by atoms with van der Waals surface area (Å²) in [5.74, 6) is -0.0984. The second-order valence-electron chi connectivity index (χ2n) is 5.16. The van der Waals surface area contributed by atoms with Gasteiger partial charge in [-0.05, 0) is 30.5 Å². The van der Waals surface area contributed by atoms with Gasteiger partial charge in [0.15, 0.2) is 0 Å². The van der Waals surface area contributed by atoms with Crippen LogP contribution in [0.2, 0.25) is 0 Å². The number of amides is 1. The lowest BCUT2D eigenvalue weighted by atomic mass is 10.1. The number of para-hydroxylation sites is 1. The molecule has 1 aromatic heterocycles. The van der Waals surface area contributed by atoms with Crippen molar-refractivity contribution >= 4 is 17.3 Å². The lowest BCUT2D eigenvalue weighted by molar-refractivity contribution is -0.384. The van der Waals surface area contributed by atoms with Gasteiger partial charge in [-0.3, -0.25) is 19.9 Å². The van der Waals surface area contributed by atoms with Gasteiger partial charge in [0.2, 0.25) is 5.91 Å². The van der Waals surface area contributed by atoms with E-state index >= 15 is 0 Å². The molecular weight excluding hydrogens is 282 g/mol. The molecule has 3 rings (SSSR count). The van der Waals surface area contributed by atoms with E-state index in [1.165, 1.54) is 11.0 Å². The summed E-state index contributed by atoms with van der Waals surface area (Å²) in [6.45, 7) is 0.501. The van der Waals surface area contributed by atoms with E-state index in [4.69, 9.17) is 0 Å². The molecule has 0 radical (unpaired) electrons. The molecular formula is C16H15N3O3. The zero-order valence-corrected chi connectivity index (χ0v) is 11.9. The number of carbonyl (C=O) groups is 1. The van der Waals surface area contributed by atoms with E-state index in [1.807, 2.05) is 24.3 Å². The summed E-state index contributed by atoms with van der Waals surface area (Å²) in [5.41, 5.74) is 2.16. The van der Waals surface area contributed by atoms with Crippen LogP contribution in [-0.2, 0) is 17.6 Å². The number of pyridine rings is 1. The fraction of sp³-hybridized carbons (Fsp3) is 0.250. The third-order valence-electron chi connectivity index (χ3n) is 3.79. The van der Waals surface area contributed by atoms with Crippen molar-refractivity contribution in [1.29, 1.82) is 0 Å². The first-order chi connectivity index (χ1) is 10.7. The third-order valence-corrected chi connectivity index (χ3v) is 3.79. The van der Waals surface area contributed by atoms with Crippen molar-refractivity contribution in [1.82, 2.24) is 4.98 Å². The van der Waals surface area contributed by atoms with Crippen LogP contribution in [0.1, 0.15) is 17.7 Å². The van der Waals surface area contributed by atoms with Gasteiger partial charge in [0.05, 0.1) is 4.92 Å². The first-order valence-electron chi connectivity index (χ1n) is 7.13. The average molecular weight is 297 g/mol. The number of aryl methyl sites for hydroxylation is 1. The average Bonchev–Trinajstić information content (AvgIpc) is 2.97. The number of rotatable bonds is 4. The highest BCUT2D eigenvalue weighted by Crippen LogP contribution is 2.37. The highest BCUT2D eigenvalue weighted by Gasteiger charge is 2.31. The van der Waals surface area contributed by atoms with E-state index < -0.39 is 4.92 Å². The van der Waals surface area contributed by atoms with Gasteiger partial charge in [-0.15, -0.1) is 0 Å². The van der Waals surface area contributed by atoms with Gasteiger partial charge in [0.25, 0.3) is 5.69 Å². The van der Waals surface area contributed by atoms with Crippen molar-refractivity contribution in [3.05, 3.63) is 64.0 Å². The SMILES string of the molecule is O=C(CCc1ccccn1)N1CCc2cccc([N+](=O)[O-])c21. The first kappa shape index (κ1) is 14.2. The maximum absolute atomic E-state index is 12.4. The Kier molecular flexibility index (Phi) is 3.82. The molecule has 6 nitrogen and oxygen atoms in total. The molecule has 0 N–H and O–H groups in total. The Hall–Kier alpha value is -2.76. The third kappa shape index (κ3) is 2.67. The summed E-state index contributed by atoms with van der Waals surface area (Å²) >= 11 is 0. The van der Waals surface area contributed by atoms with Crippen molar-refractivity contribution in [3.8, 4) is 0 Å². The van der Waals surface area contributed by atoms with E-state index in [2.05, 4.69) is 4.98 Å². The number of nitro groups is 1. The molecule has 1 aliphatic rings. The minimum absolute atomic E-state index is 0.00110. The minimum atomic E-state index is -0.427. The van der Waals surface area contributed by atoms with Crippen LogP contribution in [-0.4, -0.2) is 22.4 Å². The van der Waals surface area contributed by atoms with Crippen LogP contribution in [0.15, 0.2) is 42.6 Å². The molecule has 0 unspecified atom stereocenters. The summed E-state index contributed by atoms with van der Waals surface area (Å²) in [6, 6.07) is 10.5. The largest absolute Gasteiger partial charge is 0.306 e. The van der Waals surface area contributed by atoms with E-state index in [-0.39, 0.29) is 11.6 Å². The Morgan fingerprint density at radius 3 is 2.86 bits per heavy atom. The van der Waals surface area contributed by atoms with Gasteiger partial charge < -0.3 is 4.90 Å². The van der Waals surface area contributed by atoms with Crippen molar-refractivity contribution in [3.63, 3.8) is 0 Å². The summed E-state index contributed by atoms with van der Waals surface area (Å²) in [4.78, 5) is 28.9. The maximum Gasteiger partial charge on any atom is 0.293 e. The lowest BCUT2D eigenvalue weighted by Gasteiger charge is -2.17. The summed E-state index contributed by atoms with van der Waals surface area (Å²) in [7, 11) is 0. The number of anilines is 1. The lowest BCUT2D eigenvalue weighted by Crippen LogP contribution is -2.29. The Labute approximate surface area is 127 Å². The van der Waals surface area contributed by atoms with E-state index in [0.29, 0.717) is 31.5 Å². The van der Waals surface area contributed by atoms with Crippen molar-refractivity contribution in [2.45, 2.75) is 19.3 Å². The molecule has 0 spiro atoms. The predicted octanol–water partition coefficient (Wildman–Crippen LogP) is 2.51. The molecule has 0 bridgehead atoms. The summed E-state index contributed by atoms with van der Waals surface area (Å²) < 4.78 is 0. The minimum Gasteiger partial charge on any atom is -0.306 e. The first-order valence-corrected chi connectivity index (χ1v) is 7.13. The molecule has 1 aromatic carbocycles. The van der Waals surface area contributed by atoms with Crippen LogP contribution >= 0.6 is 0 Å². The van der Waals surface area contributed by atoms with E-state index in [9.17, 15) is 14.9 Å². The summed E-state index contributed by atoms with van der Waals surface area (Å²) in [5, 5.41) is 11.2. The Balaban J connectivity index is 1.78. The molecule has 1 amide bonds. The molecule has 0 atom stereocenters. The highest BCUT2D eigenvalue weighted by molar-refractivity contribution is 5.98. The molecule has 22 heavy (non-hydrogen) atoms. The number of hydrogen-bond acceptors (Lipinski definition) is 4. The quantitative estimate of drug-likeness (QED) is 0.642. The molecule has 112 valence electrons. The van der Waals surface area contributed by atoms with Gasteiger partial charge in [-0.2, -0.15) is 0 Å². The Morgan fingerprint density at radius 1 is 1.27 bits per heavy atom. The molecule has 0 saturated carbocycles. The standard InChI is InChI=1S/C16H15N3O3/c20-15(8-7-13-5-1-2-10-17-13)18-11-9-12-4-3-6-14(16(12)18)19(21)22/h1-6,10H,7-9,11H2. The number of benzene rings is 1. The number of nitro benzene ring substituents is 1. The number of hydrogen-bond donors (Lipinski definition) is 0. The van der Waals surface area contributed by atoms with Gasteiger partial charge in [0, 0.05) is 30.9 Å². The molecule has 2 heterocycles. The van der Waals surface area contributed by atoms with Gasteiger partial charge in [-0.1, -0.05) is 18.2 Å². The maximum atomic E-state index is 12.4. The summed E-state index contributed by atoms with van der Waals surface area (Å²) in [6.07, 6.45) is 3.18. The van der Waals surface area contributed by atoms with Crippen molar-refractivity contribution < 1.29 is 9.72 Å². The topological polar surface area (TPSA) is 76.3 Å². The van der Waals surface area contributed by atoms with E-state index in [1.54, 1.807) is 12.3 Å². The molecule has 6 heteroatoms. The fourth-order valence-electron chi connectivity index (χ4n) is 2.75. The zero-order valence-electron chi connectivity index (χ0n) is 11.9. The zero-order chi connectivity index (χ0) is 15.5. The molecule has 0 saturated heterocycles. The van der Waals surface area contributed by atoms with Crippen molar-refractivity contribution in [2.75, 3.05) is 11.4 Å². The molecule has 0 aliphatic carbocycles. The van der Waals surface area contributed by atoms with Gasteiger partial charge in [-0.25, -0.2) is 0 Å². The second kappa shape index (κ2) is 5.93. The smallest absolute Gasteiger partial charge is 0.293 e.